The summed E-state index contributed by atoms with van der Waals surface area (Å²) in [6, 6.07) is 4.06. The van der Waals surface area contributed by atoms with Gasteiger partial charge in [0.25, 0.3) is 5.91 Å². The van der Waals surface area contributed by atoms with Gasteiger partial charge in [0.05, 0.1) is 5.41 Å². The number of rotatable bonds is 3. The smallest absolute Gasteiger partial charge is 0.311 e. The second kappa shape index (κ2) is 5.03. The number of phenols is 2. The first-order valence-electron chi connectivity index (χ1n) is 6.45. The van der Waals surface area contributed by atoms with Crippen molar-refractivity contribution in [1.29, 1.82) is 0 Å². The van der Waals surface area contributed by atoms with Crippen molar-refractivity contribution in [2.45, 2.75) is 19.8 Å². The van der Waals surface area contributed by atoms with Gasteiger partial charge >= 0.3 is 5.97 Å². The number of phenolic OH excluding ortho intramolecular Hbond substituents is 2. The molecular weight excluding hydrogens is 262 g/mol. The van der Waals surface area contributed by atoms with Crippen LogP contribution < -0.4 is 0 Å². The molecular formula is C14H17NO5. The highest BCUT2D eigenvalue weighted by atomic mass is 16.4. The molecule has 1 amide bonds. The number of aliphatic carboxylic acids is 1. The van der Waals surface area contributed by atoms with Crippen molar-refractivity contribution in [3.63, 3.8) is 0 Å². The molecule has 20 heavy (non-hydrogen) atoms. The van der Waals surface area contributed by atoms with Gasteiger partial charge < -0.3 is 20.2 Å². The Morgan fingerprint density at radius 3 is 2.35 bits per heavy atom. The average Bonchev–Trinajstić information content (AvgIpc) is 2.84. The third kappa shape index (κ3) is 2.17. The van der Waals surface area contributed by atoms with Crippen molar-refractivity contribution in [1.82, 2.24) is 4.90 Å². The second-order valence-electron chi connectivity index (χ2n) is 5.09. The van der Waals surface area contributed by atoms with Gasteiger partial charge in [-0.2, -0.15) is 0 Å². The van der Waals surface area contributed by atoms with Gasteiger partial charge in [-0.3, -0.25) is 9.59 Å². The minimum Gasteiger partial charge on any atom is -0.507 e. The number of carbonyl (C=O) groups is 2. The van der Waals surface area contributed by atoms with E-state index in [1.165, 1.54) is 23.1 Å². The molecule has 1 unspecified atom stereocenters. The van der Waals surface area contributed by atoms with E-state index in [4.69, 9.17) is 0 Å². The summed E-state index contributed by atoms with van der Waals surface area (Å²) in [5, 5.41) is 28.7. The fourth-order valence-electron chi connectivity index (χ4n) is 2.57. The van der Waals surface area contributed by atoms with Gasteiger partial charge in [0.1, 0.15) is 17.1 Å². The third-order valence-corrected chi connectivity index (χ3v) is 4.01. The standard InChI is InChI=1S/C14H17NO5/c1-2-14(13(19)20)6-7-15(8-14)12(18)11-9(16)4-3-5-10(11)17/h3-5,16-17H,2,6-8H2,1H3,(H,19,20). The fourth-order valence-corrected chi connectivity index (χ4v) is 2.57. The van der Waals surface area contributed by atoms with E-state index in [0.29, 0.717) is 19.4 Å². The molecule has 1 atom stereocenters. The second-order valence-corrected chi connectivity index (χ2v) is 5.09. The highest BCUT2D eigenvalue weighted by Crippen LogP contribution is 2.36. The molecule has 1 aliphatic rings. The zero-order chi connectivity index (χ0) is 14.9. The minimum atomic E-state index is -0.935. The van der Waals surface area contributed by atoms with Crippen LogP contribution in [0.15, 0.2) is 18.2 Å². The van der Waals surface area contributed by atoms with Crippen LogP contribution in [0.3, 0.4) is 0 Å². The maximum Gasteiger partial charge on any atom is 0.311 e. The monoisotopic (exact) mass is 279 g/mol. The van der Waals surface area contributed by atoms with Crippen molar-refractivity contribution in [2.75, 3.05) is 13.1 Å². The molecule has 1 saturated heterocycles. The van der Waals surface area contributed by atoms with E-state index in [2.05, 4.69) is 0 Å². The first kappa shape index (κ1) is 14.2. The van der Waals surface area contributed by atoms with Crippen LogP contribution in [0, 0.1) is 5.41 Å². The summed E-state index contributed by atoms with van der Waals surface area (Å²) in [5.41, 5.74) is -1.11. The van der Waals surface area contributed by atoms with Crippen molar-refractivity contribution < 1.29 is 24.9 Å². The molecule has 0 aromatic heterocycles. The molecule has 0 spiro atoms. The zero-order valence-electron chi connectivity index (χ0n) is 11.2. The topological polar surface area (TPSA) is 98.1 Å². The number of carboxylic acid groups (broad SMARTS) is 1. The lowest BCUT2D eigenvalue weighted by Gasteiger charge is -2.23. The summed E-state index contributed by atoms with van der Waals surface area (Å²) in [6.07, 6.45) is 0.803. The molecule has 1 heterocycles. The van der Waals surface area contributed by atoms with Crippen LogP contribution in [0.5, 0.6) is 11.5 Å². The Labute approximate surface area is 116 Å². The summed E-state index contributed by atoms with van der Waals surface area (Å²) in [4.78, 5) is 25.1. The number of likely N-dealkylation sites (tertiary alicyclic amines) is 1. The van der Waals surface area contributed by atoms with Gasteiger partial charge in [-0.25, -0.2) is 0 Å². The van der Waals surface area contributed by atoms with Crippen LogP contribution in [0.25, 0.3) is 0 Å². The van der Waals surface area contributed by atoms with Crippen molar-refractivity contribution in [3.8, 4) is 11.5 Å². The van der Waals surface area contributed by atoms with Gasteiger partial charge in [-0.05, 0) is 25.0 Å². The van der Waals surface area contributed by atoms with Crippen molar-refractivity contribution in [2.24, 2.45) is 5.41 Å². The van der Waals surface area contributed by atoms with Crippen LogP contribution in [-0.4, -0.2) is 45.2 Å². The van der Waals surface area contributed by atoms with Gasteiger partial charge in [-0.1, -0.05) is 13.0 Å². The number of aromatic hydroxyl groups is 2. The number of carboxylic acids is 1. The Morgan fingerprint density at radius 1 is 1.30 bits per heavy atom. The number of hydrogen-bond acceptors (Lipinski definition) is 4. The lowest BCUT2D eigenvalue weighted by Crippen LogP contribution is -2.36. The van der Waals surface area contributed by atoms with E-state index in [1.54, 1.807) is 6.92 Å². The summed E-state index contributed by atoms with van der Waals surface area (Å²) < 4.78 is 0. The Morgan fingerprint density at radius 2 is 1.90 bits per heavy atom. The molecule has 2 rings (SSSR count). The Kier molecular flexibility index (Phi) is 3.57. The van der Waals surface area contributed by atoms with Gasteiger partial charge in [-0.15, -0.1) is 0 Å². The van der Waals surface area contributed by atoms with Crippen LogP contribution >= 0.6 is 0 Å². The lowest BCUT2D eigenvalue weighted by atomic mass is 9.84. The molecule has 0 bridgehead atoms. The zero-order valence-corrected chi connectivity index (χ0v) is 11.2. The normalized spacial score (nSPS) is 21.9. The predicted molar refractivity (Wildman–Crippen MR) is 70.7 cm³/mol. The average molecular weight is 279 g/mol. The van der Waals surface area contributed by atoms with Gasteiger partial charge in [0.15, 0.2) is 0 Å². The highest BCUT2D eigenvalue weighted by Gasteiger charge is 2.45. The van der Waals surface area contributed by atoms with Crippen LogP contribution in [0.1, 0.15) is 30.1 Å². The molecule has 1 fully saturated rings. The van der Waals surface area contributed by atoms with Crippen LogP contribution in [0.2, 0.25) is 0 Å². The number of amides is 1. The molecule has 3 N–H and O–H groups in total. The van der Waals surface area contributed by atoms with Gasteiger partial charge in [0, 0.05) is 13.1 Å². The van der Waals surface area contributed by atoms with E-state index < -0.39 is 17.3 Å². The largest absolute Gasteiger partial charge is 0.507 e. The first-order chi connectivity index (χ1) is 9.41. The Bertz CT molecular complexity index is 536. The van der Waals surface area contributed by atoms with Crippen molar-refractivity contribution in [3.05, 3.63) is 23.8 Å². The van der Waals surface area contributed by atoms with E-state index in [1.807, 2.05) is 0 Å². The van der Waals surface area contributed by atoms with Crippen LogP contribution in [0.4, 0.5) is 0 Å². The molecule has 1 aromatic rings. The fraction of sp³-hybridized carbons (Fsp3) is 0.429. The summed E-state index contributed by atoms with van der Waals surface area (Å²) >= 11 is 0. The molecule has 0 radical (unpaired) electrons. The van der Waals surface area contributed by atoms with Crippen molar-refractivity contribution >= 4 is 11.9 Å². The first-order valence-corrected chi connectivity index (χ1v) is 6.45. The summed E-state index contributed by atoms with van der Waals surface area (Å²) in [7, 11) is 0. The van der Waals surface area contributed by atoms with E-state index in [-0.39, 0.29) is 23.6 Å². The molecule has 108 valence electrons. The molecule has 1 aromatic carbocycles. The number of benzene rings is 1. The molecule has 6 nitrogen and oxygen atoms in total. The number of hydrogen-bond donors (Lipinski definition) is 3. The summed E-state index contributed by atoms with van der Waals surface area (Å²) in [6.45, 7) is 2.16. The minimum absolute atomic E-state index is 0.0887. The van der Waals surface area contributed by atoms with Crippen LogP contribution in [-0.2, 0) is 4.79 Å². The molecule has 0 aliphatic carbocycles. The quantitative estimate of drug-likeness (QED) is 0.777. The van der Waals surface area contributed by atoms with E-state index >= 15 is 0 Å². The molecule has 1 aliphatic heterocycles. The maximum atomic E-state index is 12.3. The predicted octanol–water partition coefficient (Wildman–Crippen LogP) is 1.42. The van der Waals surface area contributed by atoms with Gasteiger partial charge in [0.2, 0.25) is 0 Å². The Hall–Kier alpha value is -2.24. The number of nitrogens with zero attached hydrogens (tertiary/aromatic N) is 1. The lowest BCUT2D eigenvalue weighted by molar-refractivity contribution is -0.148. The van der Waals surface area contributed by atoms with E-state index in [9.17, 15) is 24.9 Å². The maximum absolute atomic E-state index is 12.3. The highest BCUT2D eigenvalue weighted by molar-refractivity contribution is 6.00. The van der Waals surface area contributed by atoms with E-state index in [0.717, 1.165) is 0 Å². The SMILES string of the molecule is CCC1(C(=O)O)CCN(C(=O)c2c(O)cccc2O)C1. The third-order valence-electron chi connectivity index (χ3n) is 4.01. The number of carbonyl (C=O) groups excluding carboxylic acids is 1. The molecule has 0 saturated carbocycles. The molecule has 6 heteroatoms. The summed E-state index contributed by atoms with van der Waals surface area (Å²) in [5.74, 6) is -2.08. The Balaban J connectivity index is 2.27.